The first-order valence-corrected chi connectivity index (χ1v) is 12.8. The van der Waals surface area contributed by atoms with Crippen molar-refractivity contribution >= 4 is 34.0 Å². The van der Waals surface area contributed by atoms with E-state index in [-0.39, 0.29) is 31.1 Å². The summed E-state index contributed by atoms with van der Waals surface area (Å²) in [5, 5.41) is 6.74. The minimum atomic E-state index is -4.39. The van der Waals surface area contributed by atoms with Crippen molar-refractivity contribution in [1.82, 2.24) is 9.88 Å². The van der Waals surface area contributed by atoms with Crippen LogP contribution in [0.4, 0.5) is 24.0 Å². The number of nitrogens with one attached hydrogen (secondary N) is 2. The summed E-state index contributed by atoms with van der Waals surface area (Å²) in [6.45, 7) is 4.88. The first-order valence-electron chi connectivity index (χ1n) is 12.0. The van der Waals surface area contributed by atoms with Crippen LogP contribution < -0.4 is 10.6 Å². The highest BCUT2D eigenvalue weighted by Gasteiger charge is 2.30. The summed E-state index contributed by atoms with van der Waals surface area (Å²) in [6, 6.07) is 11.9. The third-order valence-electron chi connectivity index (χ3n) is 5.94. The van der Waals surface area contributed by atoms with E-state index in [1.54, 1.807) is 41.4 Å². The van der Waals surface area contributed by atoms with E-state index < -0.39 is 11.7 Å². The summed E-state index contributed by atoms with van der Waals surface area (Å²) in [5.74, 6) is -0.400. The summed E-state index contributed by atoms with van der Waals surface area (Å²) in [6.07, 6.45) is 0.200. The van der Waals surface area contributed by atoms with E-state index in [0.29, 0.717) is 35.0 Å². The van der Waals surface area contributed by atoms with Crippen LogP contribution in [0.5, 0.6) is 0 Å². The van der Waals surface area contributed by atoms with Gasteiger partial charge in [0, 0.05) is 36.6 Å². The van der Waals surface area contributed by atoms with Crippen molar-refractivity contribution < 1.29 is 27.5 Å². The molecule has 0 bridgehead atoms. The van der Waals surface area contributed by atoms with E-state index in [1.165, 1.54) is 23.5 Å². The van der Waals surface area contributed by atoms with Crippen LogP contribution in [0.3, 0.4) is 0 Å². The topological polar surface area (TPSA) is 83.6 Å². The van der Waals surface area contributed by atoms with Gasteiger partial charge in [0.05, 0.1) is 23.7 Å². The number of carbonyl (C=O) groups excluding carboxylic acids is 2. The second-order valence-electron chi connectivity index (χ2n) is 8.83. The Kier molecular flexibility index (Phi) is 8.80. The van der Waals surface area contributed by atoms with Crippen molar-refractivity contribution in [3.8, 4) is 0 Å². The Bertz CT molecular complexity index is 1280. The van der Waals surface area contributed by atoms with Crippen molar-refractivity contribution in [3.05, 3.63) is 89.0 Å². The van der Waals surface area contributed by atoms with E-state index in [2.05, 4.69) is 22.2 Å². The van der Waals surface area contributed by atoms with Crippen LogP contribution in [0.15, 0.2) is 67.4 Å². The van der Waals surface area contributed by atoms with Gasteiger partial charge in [0.1, 0.15) is 0 Å². The lowest BCUT2D eigenvalue weighted by atomic mass is 10.0. The first kappa shape index (κ1) is 27.3. The van der Waals surface area contributed by atoms with Crippen LogP contribution in [0.1, 0.15) is 39.2 Å². The molecule has 7 nitrogen and oxygen atoms in total. The molecule has 0 aliphatic carbocycles. The molecular weight excluding hydrogens is 517 g/mol. The smallest absolute Gasteiger partial charge is 0.371 e. The molecule has 2 N–H and O–H groups in total. The Balaban J connectivity index is 1.26. The second kappa shape index (κ2) is 12.2. The zero-order valence-corrected chi connectivity index (χ0v) is 21.3. The van der Waals surface area contributed by atoms with E-state index in [1.807, 2.05) is 0 Å². The number of rotatable bonds is 9. The van der Waals surface area contributed by atoms with Crippen LogP contribution in [-0.4, -0.2) is 40.8 Å². The fraction of sp³-hybridized carbons (Fsp3) is 0.296. The molecule has 2 aromatic carbocycles. The summed E-state index contributed by atoms with van der Waals surface area (Å²) < 4.78 is 44.2. The fourth-order valence-corrected chi connectivity index (χ4v) is 4.90. The standard InChI is InChI=1S/C27H27F3N4O3S/c1-2-24(35)32-21-10-8-19(9-11-21)25(36)34-12-4-7-22(15-34)33-26-31-14-23(38-26)17-37-16-18-5-3-6-20(13-18)27(28,29)30/h2-3,5-6,8-11,13-14,22H,1,4,7,12,15-17H2,(H,31,33)(H,32,35). The van der Waals surface area contributed by atoms with Gasteiger partial charge >= 0.3 is 6.18 Å². The average Bonchev–Trinajstić information content (AvgIpc) is 3.35. The van der Waals surface area contributed by atoms with Crippen molar-refractivity contribution in [2.75, 3.05) is 23.7 Å². The molecule has 1 aromatic heterocycles. The number of thiazole rings is 1. The normalized spacial score (nSPS) is 15.7. The number of hydrogen-bond donors (Lipinski definition) is 2. The quantitative estimate of drug-likeness (QED) is 0.337. The van der Waals surface area contributed by atoms with Crippen LogP contribution in [0, 0.1) is 0 Å². The van der Waals surface area contributed by atoms with E-state index in [0.717, 1.165) is 29.9 Å². The molecule has 3 aromatic rings. The number of nitrogens with zero attached hydrogens (tertiary/aromatic N) is 2. The summed E-state index contributed by atoms with van der Waals surface area (Å²) >= 11 is 1.41. The molecule has 1 fully saturated rings. The van der Waals surface area contributed by atoms with Crippen molar-refractivity contribution in [3.63, 3.8) is 0 Å². The number of halogens is 3. The highest BCUT2D eigenvalue weighted by atomic mass is 32.1. The molecule has 0 spiro atoms. The molecule has 38 heavy (non-hydrogen) atoms. The van der Waals surface area contributed by atoms with Crippen LogP contribution in [0.25, 0.3) is 0 Å². The van der Waals surface area contributed by atoms with Gasteiger partial charge in [-0.05, 0) is 60.9 Å². The Morgan fingerprint density at radius 1 is 1.18 bits per heavy atom. The molecule has 1 aliphatic rings. The maximum absolute atomic E-state index is 13.0. The number of anilines is 2. The van der Waals surface area contributed by atoms with Crippen LogP contribution in [0.2, 0.25) is 0 Å². The van der Waals surface area contributed by atoms with Gasteiger partial charge in [-0.15, -0.1) is 0 Å². The number of ether oxygens (including phenoxy) is 1. The number of aromatic nitrogens is 1. The molecular formula is C27H27F3N4O3S. The SMILES string of the molecule is C=CC(=O)Nc1ccc(C(=O)N2CCCC(Nc3ncc(COCc4cccc(C(F)(F)F)c4)s3)C2)cc1. The van der Waals surface area contributed by atoms with Gasteiger partial charge in [-0.3, -0.25) is 9.59 Å². The number of likely N-dealkylation sites (tertiary alicyclic amines) is 1. The largest absolute Gasteiger partial charge is 0.416 e. The highest BCUT2D eigenvalue weighted by molar-refractivity contribution is 7.15. The average molecular weight is 545 g/mol. The minimum absolute atomic E-state index is 0.0314. The predicted molar refractivity (Wildman–Crippen MR) is 140 cm³/mol. The van der Waals surface area contributed by atoms with Crippen molar-refractivity contribution in [2.45, 2.75) is 38.3 Å². The molecule has 0 saturated carbocycles. The summed E-state index contributed by atoms with van der Waals surface area (Å²) in [5.41, 5.74) is 0.877. The third-order valence-corrected chi connectivity index (χ3v) is 6.84. The highest BCUT2D eigenvalue weighted by Crippen LogP contribution is 2.30. The van der Waals surface area contributed by atoms with E-state index in [4.69, 9.17) is 4.74 Å². The number of amides is 2. The Hall–Kier alpha value is -3.70. The van der Waals surface area contributed by atoms with Gasteiger partial charge in [0.25, 0.3) is 5.91 Å². The van der Waals surface area contributed by atoms with Gasteiger partial charge < -0.3 is 20.3 Å². The number of alkyl halides is 3. The first-order chi connectivity index (χ1) is 18.2. The lowest BCUT2D eigenvalue weighted by Gasteiger charge is -2.33. The molecule has 4 rings (SSSR count). The van der Waals surface area contributed by atoms with Gasteiger partial charge in [-0.1, -0.05) is 30.0 Å². The van der Waals surface area contributed by atoms with Gasteiger partial charge in [-0.25, -0.2) is 4.98 Å². The lowest BCUT2D eigenvalue weighted by molar-refractivity contribution is -0.137. The molecule has 2 amide bonds. The number of piperidine rings is 1. The molecule has 1 unspecified atom stereocenters. The summed E-state index contributed by atoms with van der Waals surface area (Å²) in [7, 11) is 0. The van der Waals surface area contributed by atoms with Gasteiger partial charge in [0.2, 0.25) is 5.91 Å². The second-order valence-corrected chi connectivity index (χ2v) is 9.94. The maximum atomic E-state index is 13.0. The Labute approximate surface area is 222 Å². The van der Waals surface area contributed by atoms with E-state index in [9.17, 15) is 22.8 Å². The minimum Gasteiger partial charge on any atom is -0.371 e. The molecule has 1 saturated heterocycles. The molecule has 0 radical (unpaired) electrons. The van der Waals surface area contributed by atoms with Crippen LogP contribution >= 0.6 is 11.3 Å². The molecule has 200 valence electrons. The zero-order chi connectivity index (χ0) is 27.1. The predicted octanol–water partition coefficient (Wildman–Crippen LogP) is 5.72. The van der Waals surface area contributed by atoms with Crippen molar-refractivity contribution in [1.29, 1.82) is 0 Å². The Morgan fingerprint density at radius 2 is 1.97 bits per heavy atom. The fourth-order valence-electron chi connectivity index (χ4n) is 4.07. The summed E-state index contributed by atoms with van der Waals surface area (Å²) in [4.78, 5) is 31.5. The maximum Gasteiger partial charge on any atom is 0.416 e. The Morgan fingerprint density at radius 3 is 2.71 bits per heavy atom. The molecule has 2 heterocycles. The third kappa shape index (κ3) is 7.42. The number of hydrogen-bond acceptors (Lipinski definition) is 6. The molecule has 1 aliphatic heterocycles. The van der Waals surface area contributed by atoms with E-state index >= 15 is 0 Å². The van der Waals surface area contributed by atoms with Crippen molar-refractivity contribution in [2.24, 2.45) is 0 Å². The molecule has 11 heteroatoms. The molecule has 1 atom stereocenters. The van der Waals surface area contributed by atoms with Gasteiger partial charge in [0.15, 0.2) is 5.13 Å². The van der Waals surface area contributed by atoms with Gasteiger partial charge in [-0.2, -0.15) is 13.2 Å². The monoisotopic (exact) mass is 544 g/mol. The number of carbonyl (C=O) groups is 2. The lowest BCUT2D eigenvalue weighted by Crippen LogP contribution is -2.45. The number of benzene rings is 2. The zero-order valence-electron chi connectivity index (χ0n) is 20.5. The van der Waals surface area contributed by atoms with Crippen LogP contribution in [-0.2, 0) is 28.9 Å².